The third kappa shape index (κ3) is 2.11. The van der Waals surface area contributed by atoms with Crippen molar-refractivity contribution in [1.29, 1.82) is 0 Å². The van der Waals surface area contributed by atoms with Gasteiger partial charge in [0.25, 0.3) is 0 Å². The molecule has 0 saturated carbocycles. The van der Waals surface area contributed by atoms with Gasteiger partial charge in [0.2, 0.25) is 0 Å². The van der Waals surface area contributed by atoms with Crippen LogP contribution in [0, 0.1) is 0 Å². The van der Waals surface area contributed by atoms with Crippen LogP contribution < -0.4 is 0 Å². The van der Waals surface area contributed by atoms with Gasteiger partial charge in [0.1, 0.15) is 0 Å². The largest absolute Gasteiger partial charge is 0.353 e. The zero-order valence-electron chi connectivity index (χ0n) is 11.5. The lowest BCUT2D eigenvalue weighted by molar-refractivity contribution is 1.32. The SMILES string of the molecule is C(=C\c1nccc2c1[nH]c1ccccc12)/c1ccccc1. The fourth-order valence-corrected chi connectivity index (χ4v) is 2.66. The topological polar surface area (TPSA) is 28.7 Å². The van der Waals surface area contributed by atoms with E-state index in [0.29, 0.717) is 0 Å². The summed E-state index contributed by atoms with van der Waals surface area (Å²) in [5.74, 6) is 0. The van der Waals surface area contributed by atoms with Gasteiger partial charge < -0.3 is 4.98 Å². The molecule has 0 aliphatic heterocycles. The smallest absolute Gasteiger partial charge is 0.0871 e. The van der Waals surface area contributed by atoms with E-state index in [2.05, 4.69) is 58.5 Å². The van der Waals surface area contributed by atoms with E-state index in [1.807, 2.05) is 30.5 Å². The summed E-state index contributed by atoms with van der Waals surface area (Å²) in [6, 6.07) is 20.7. The second-order valence-corrected chi connectivity index (χ2v) is 5.03. The maximum absolute atomic E-state index is 4.50. The minimum absolute atomic E-state index is 0.965. The minimum atomic E-state index is 0.965. The molecule has 4 rings (SSSR count). The first-order valence-corrected chi connectivity index (χ1v) is 7.00. The lowest BCUT2D eigenvalue weighted by atomic mass is 10.1. The molecule has 4 aromatic rings. The second-order valence-electron chi connectivity index (χ2n) is 5.03. The molecule has 0 saturated heterocycles. The molecule has 0 aliphatic rings. The van der Waals surface area contributed by atoms with Crippen LogP contribution in [-0.4, -0.2) is 9.97 Å². The zero-order chi connectivity index (χ0) is 14.1. The Labute approximate surface area is 122 Å². The van der Waals surface area contributed by atoms with E-state index in [1.54, 1.807) is 0 Å². The number of aromatic amines is 1. The molecule has 21 heavy (non-hydrogen) atoms. The molecule has 0 unspecified atom stereocenters. The summed E-state index contributed by atoms with van der Waals surface area (Å²) < 4.78 is 0. The highest BCUT2D eigenvalue weighted by atomic mass is 14.8. The molecule has 2 nitrogen and oxygen atoms in total. The molecule has 2 aromatic carbocycles. The van der Waals surface area contributed by atoms with Crippen molar-refractivity contribution in [3.8, 4) is 0 Å². The zero-order valence-corrected chi connectivity index (χ0v) is 11.5. The summed E-state index contributed by atoms with van der Waals surface area (Å²) in [5, 5.41) is 2.46. The van der Waals surface area contributed by atoms with Gasteiger partial charge in [0.05, 0.1) is 11.2 Å². The number of fused-ring (bicyclic) bond motifs is 3. The van der Waals surface area contributed by atoms with Crippen LogP contribution in [0.15, 0.2) is 66.9 Å². The average molecular weight is 270 g/mol. The molecule has 2 aromatic heterocycles. The van der Waals surface area contributed by atoms with Gasteiger partial charge in [0, 0.05) is 22.5 Å². The number of rotatable bonds is 2. The van der Waals surface area contributed by atoms with E-state index in [1.165, 1.54) is 16.3 Å². The first kappa shape index (κ1) is 11.9. The molecule has 1 N–H and O–H groups in total. The van der Waals surface area contributed by atoms with Crippen LogP contribution in [0.5, 0.6) is 0 Å². The molecule has 0 bridgehead atoms. The Kier molecular flexibility index (Phi) is 2.79. The van der Waals surface area contributed by atoms with Crippen molar-refractivity contribution in [3.63, 3.8) is 0 Å². The quantitative estimate of drug-likeness (QED) is 0.552. The Hall–Kier alpha value is -2.87. The van der Waals surface area contributed by atoms with E-state index in [4.69, 9.17) is 0 Å². The van der Waals surface area contributed by atoms with Crippen molar-refractivity contribution < 1.29 is 0 Å². The highest BCUT2D eigenvalue weighted by Gasteiger charge is 2.06. The molecule has 0 atom stereocenters. The van der Waals surface area contributed by atoms with E-state index in [-0.39, 0.29) is 0 Å². The monoisotopic (exact) mass is 270 g/mol. The van der Waals surface area contributed by atoms with Crippen molar-refractivity contribution in [2.24, 2.45) is 0 Å². The Balaban J connectivity index is 1.87. The van der Waals surface area contributed by atoms with Gasteiger partial charge >= 0.3 is 0 Å². The van der Waals surface area contributed by atoms with E-state index < -0.39 is 0 Å². The summed E-state index contributed by atoms with van der Waals surface area (Å²) in [6.07, 6.45) is 6.02. The molecule has 0 fully saturated rings. The van der Waals surface area contributed by atoms with E-state index >= 15 is 0 Å². The van der Waals surface area contributed by atoms with Gasteiger partial charge in [-0.05, 0) is 23.8 Å². The maximum Gasteiger partial charge on any atom is 0.0871 e. The molecule has 0 spiro atoms. The molecule has 2 heterocycles. The van der Waals surface area contributed by atoms with Crippen LogP contribution in [0.4, 0.5) is 0 Å². The van der Waals surface area contributed by atoms with Crippen LogP contribution in [-0.2, 0) is 0 Å². The molecular weight excluding hydrogens is 256 g/mol. The van der Waals surface area contributed by atoms with Crippen LogP contribution in [0.1, 0.15) is 11.3 Å². The number of nitrogens with one attached hydrogen (secondary N) is 1. The number of nitrogens with zero attached hydrogens (tertiary/aromatic N) is 1. The Morgan fingerprint density at radius 3 is 2.48 bits per heavy atom. The van der Waals surface area contributed by atoms with Gasteiger partial charge in [-0.2, -0.15) is 0 Å². The van der Waals surface area contributed by atoms with E-state index in [0.717, 1.165) is 16.7 Å². The third-order valence-corrected chi connectivity index (χ3v) is 3.69. The molecular formula is C19H14N2. The van der Waals surface area contributed by atoms with Gasteiger partial charge in [-0.25, -0.2) is 0 Å². The number of benzene rings is 2. The van der Waals surface area contributed by atoms with E-state index in [9.17, 15) is 0 Å². The first-order valence-electron chi connectivity index (χ1n) is 7.00. The third-order valence-electron chi connectivity index (χ3n) is 3.69. The molecule has 100 valence electrons. The van der Waals surface area contributed by atoms with Crippen LogP contribution in [0.2, 0.25) is 0 Å². The lowest BCUT2D eigenvalue weighted by Gasteiger charge is -1.96. The summed E-state index contributed by atoms with van der Waals surface area (Å²) in [6.45, 7) is 0. The number of H-pyrrole nitrogens is 1. The summed E-state index contributed by atoms with van der Waals surface area (Å²) in [4.78, 5) is 7.97. The first-order chi connectivity index (χ1) is 10.4. The number of pyridine rings is 1. The second kappa shape index (κ2) is 4.91. The summed E-state index contributed by atoms with van der Waals surface area (Å²) in [5.41, 5.74) is 4.38. The van der Waals surface area contributed by atoms with Gasteiger partial charge in [0.15, 0.2) is 0 Å². The van der Waals surface area contributed by atoms with Crippen molar-refractivity contribution in [2.75, 3.05) is 0 Å². The number of aromatic nitrogens is 2. The number of hydrogen-bond donors (Lipinski definition) is 1. The van der Waals surface area contributed by atoms with Crippen molar-refractivity contribution in [2.45, 2.75) is 0 Å². The summed E-state index contributed by atoms with van der Waals surface area (Å²) >= 11 is 0. The average Bonchev–Trinajstić information content (AvgIpc) is 2.93. The van der Waals surface area contributed by atoms with Crippen LogP contribution in [0.25, 0.3) is 34.0 Å². The van der Waals surface area contributed by atoms with Gasteiger partial charge in [-0.15, -0.1) is 0 Å². The predicted molar refractivity (Wildman–Crippen MR) is 89.0 cm³/mol. The number of hydrogen-bond acceptors (Lipinski definition) is 1. The van der Waals surface area contributed by atoms with Gasteiger partial charge in [-0.1, -0.05) is 54.6 Å². The molecule has 0 aliphatic carbocycles. The van der Waals surface area contributed by atoms with Crippen molar-refractivity contribution >= 4 is 34.0 Å². The standard InChI is InChI=1S/C19H14N2/c1-2-6-14(7-3-1)10-11-18-19-16(12-13-20-18)15-8-4-5-9-17(15)21-19/h1-13,21H/b11-10+. The Bertz CT molecular complexity index is 934. The minimum Gasteiger partial charge on any atom is -0.353 e. The maximum atomic E-state index is 4.50. The highest BCUT2D eigenvalue weighted by Crippen LogP contribution is 2.27. The normalized spacial score (nSPS) is 11.6. The highest BCUT2D eigenvalue weighted by molar-refractivity contribution is 6.09. The Morgan fingerprint density at radius 1 is 0.762 bits per heavy atom. The molecule has 2 heteroatoms. The number of para-hydroxylation sites is 1. The fourth-order valence-electron chi connectivity index (χ4n) is 2.66. The lowest BCUT2D eigenvalue weighted by Crippen LogP contribution is -1.82. The van der Waals surface area contributed by atoms with Crippen LogP contribution in [0.3, 0.4) is 0 Å². The van der Waals surface area contributed by atoms with Gasteiger partial charge in [-0.3, -0.25) is 4.98 Å². The Morgan fingerprint density at radius 2 is 1.57 bits per heavy atom. The van der Waals surface area contributed by atoms with Crippen LogP contribution >= 0.6 is 0 Å². The predicted octanol–water partition coefficient (Wildman–Crippen LogP) is 4.89. The summed E-state index contributed by atoms with van der Waals surface area (Å²) in [7, 11) is 0. The fraction of sp³-hybridized carbons (Fsp3) is 0. The molecule has 0 amide bonds. The van der Waals surface area contributed by atoms with Crippen molar-refractivity contribution in [1.82, 2.24) is 9.97 Å². The molecule has 0 radical (unpaired) electrons. The van der Waals surface area contributed by atoms with Crippen molar-refractivity contribution in [3.05, 3.63) is 78.1 Å².